The smallest absolute Gasteiger partial charge is 0.312 e. The summed E-state index contributed by atoms with van der Waals surface area (Å²) in [5, 5.41) is 0. The number of unbranched alkanes of at least 4 members (excludes halogenated alkanes) is 13. The third kappa shape index (κ3) is 14.9. The molecule has 0 aliphatic heterocycles. The second-order valence-corrected chi connectivity index (χ2v) is 8.86. The largest absolute Gasteiger partial charge is 0.405 e. The van der Waals surface area contributed by atoms with Gasteiger partial charge in [-0.25, -0.2) is 9.24 Å². The average Bonchev–Trinajstić information content (AvgIpc) is 2.59. The van der Waals surface area contributed by atoms with E-state index in [0.29, 0.717) is 19.7 Å². The lowest BCUT2D eigenvalue weighted by molar-refractivity contribution is 0.202. The zero-order valence-electron chi connectivity index (χ0n) is 17.2. The standard InChI is InChI=1S/C20H44NO3P/c1-4-7-8-9-10-11-12-13-14-15-16-17-18-19-20-24-25(22,23)21(5-2)6-3/h4-20H2,1-3H3,(H,22,23). The van der Waals surface area contributed by atoms with Gasteiger partial charge in [-0.2, -0.15) is 0 Å². The van der Waals surface area contributed by atoms with Gasteiger partial charge >= 0.3 is 7.75 Å². The van der Waals surface area contributed by atoms with Gasteiger partial charge in [0, 0.05) is 13.1 Å². The molecule has 1 unspecified atom stereocenters. The third-order valence-corrected chi connectivity index (χ3v) is 6.64. The molecule has 0 aliphatic rings. The molecule has 152 valence electrons. The highest BCUT2D eigenvalue weighted by Crippen LogP contribution is 2.45. The second-order valence-electron chi connectivity index (χ2n) is 7.06. The van der Waals surface area contributed by atoms with E-state index in [1.807, 2.05) is 13.8 Å². The first-order chi connectivity index (χ1) is 12.1. The summed E-state index contributed by atoms with van der Waals surface area (Å²) >= 11 is 0. The molecule has 0 radical (unpaired) electrons. The van der Waals surface area contributed by atoms with Gasteiger partial charge in [0.1, 0.15) is 0 Å². The van der Waals surface area contributed by atoms with Crippen molar-refractivity contribution in [2.45, 2.75) is 111 Å². The lowest BCUT2D eigenvalue weighted by Crippen LogP contribution is -2.20. The molecular formula is C20H44NO3P. The van der Waals surface area contributed by atoms with Gasteiger partial charge in [0.2, 0.25) is 0 Å². The van der Waals surface area contributed by atoms with Gasteiger partial charge in [0.15, 0.2) is 0 Å². The number of nitrogens with zero attached hydrogens (tertiary/aromatic N) is 1. The molecule has 0 saturated heterocycles. The van der Waals surface area contributed by atoms with E-state index in [9.17, 15) is 9.46 Å². The highest BCUT2D eigenvalue weighted by Gasteiger charge is 2.26. The summed E-state index contributed by atoms with van der Waals surface area (Å²) < 4.78 is 18.7. The Kier molecular flexibility index (Phi) is 17.6. The zero-order valence-corrected chi connectivity index (χ0v) is 18.1. The van der Waals surface area contributed by atoms with E-state index in [-0.39, 0.29) is 0 Å². The minimum atomic E-state index is -3.56. The van der Waals surface area contributed by atoms with E-state index in [0.717, 1.165) is 12.8 Å². The zero-order chi connectivity index (χ0) is 18.8. The highest BCUT2D eigenvalue weighted by atomic mass is 31.2. The Labute approximate surface area is 157 Å². The molecule has 1 atom stereocenters. The van der Waals surface area contributed by atoms with E-state index in [2.05, 4.69) is 6.92 Å². The number of hydrogen-bond donors (Lipinski definition) is 1. The molecule has 1 N–H and O–H groups in total. The SMILES string of the molecule is CCCCCCCCCCCCCCCCOP(=O)(O)N(CC)CC. The summed E-state index contributed by atoms with van der Waals surface area (Å²) in [6.45, 7) is 7.50. The molecule has 0 saturated carbocycles. The van der Waals surface area contributed by atoms with Gasteiger partial charge in [0.05, 0.1) is 6.61 Å². The Hall–Kier alpha value is 0.110. The number of rotatable bonds is 19. The van der Waals surface area contributed by atoms with Crippen LogP contribution in [0.5, 0.6) is 0 Å². The summed E-state index contributed by atoms with van der Waals surface area (Å²) in [7, 11) is -3.56. The van der Waals surface area contributed by atoms with Crippen LogP contribution >= 0.6 is 7.75 Å². The average molecular weight is 378 g/mol. The van der Waals surface area contributed by atoms with Crippen LogP contribution in [0.15, 0.2) is 0 Å². The van der Waals surface area contributed by atoms with Crippen molar-refractivity contribution in [2.75, 3.05) is 19.7 Å². The predicted octanol–water partition coefficient (Wildman–Crippen LogP) is 6.93. The molecule has 5 heteroatoms. The molecule has 0 fully saturated rings. The first-order valence-corrected chi connectivity index (χ1v) is 12.3. The molecule has 0 amide bonds. The Morgan fingerprint density at radius 2 is 1.04 bits per heavy atom. The maximum absolute atomic E-state index is 12.0. The summed E-state index contributed by atoms with van der Waals surface area (Å²) in [6, 6.07) is 0. The molecule has 0 aliphatic carbocycles. The molecule has 0 rings (SSSR count). The van der Waals surface area contributed by atoms with E-state index < -0.39 is 7.75 Å². The van der Waals surface area contributed by atoms with E-state index >= 15 is 0 Å². The lowest BCUT2D eigenvalue weighted by atomic mass is 10.0. The minimum Gasteiger partial charge on any atom is -0.312 e. The molecule has 4 nitrogen and oxygen atoms in total. The van der Waals surface area contributed by atoms with Crippen molar-refractivity contribution in [3.8, 4) is 0 Å². The van der Waals surface area contributed by atoms with Crippen LogP contribution in [0.2, 0.25) is 0 Å². The number of hydrogen-bond acceptors (Lipinski definition) is 2. The normalized spacial score (nSPS) is 14.1. The molecule has 0 aromatic carbocycles. The van der Waals surface area contributed by atoms with Gasteiger partial charge in [-0.1, -0.05) is 104 Å². The summed E-state index contributed by atoms with van der Waals surface area (Å²) in [5.74, 6) is 0. The van der Waals surface area contributed by atoms with E-state index in [1.165, 1.54) is 81.7 Å². The second kappa shape index (κ2) is 17.5. The maximum atomic E-state index is 12.0. The Bertz CT molecular complexity index is 322. The van der Waals surface area contributed by atoms with Gasteiger partial charge in [-0.15, -0.1) is 0 Å². The van der Waals surface area contributed by atoms with Gasteiger partial charge in [-0.3, -0.25) is 4.52 Å². The van der Waals surface area contributed by atoms with Gasteiger partial charge in [0.25, 0.3) is 0 Å². The highest BCUT2D eigenvalue weighted by molar-refractivity contribution is 7.50. The fourth-order valence-electron chi connectivity index (χ4n) is 3.14. The van der Waals surface area contributed by atoms with Crippen LogP contribution in [0.4, 0.5) is 0 Å². The Morgan fingerprint density at radius 3 is 1.40 bits per heavy atom. The predicted molar refractivity (Wildman–Crippen MR) is 109 cm³/mol. The molecule has 0 bridgehead atoms. The van der Waals surface area contributed by atoms with Crippen LogP contribution in [0, 0.1) is 0 Å². The fraction of sp³-hybridized carbons (Fsp3) is 1.00. The molecule has 0 spiro atoms. The topological polar surface area (TPSA) is 49.8 Å². The maximum Gasteiger partial charge on any atom is 0.405 e. The van der Waals surface area contributed by atoms with Crippen molar-refractivity contribution in [3.63, 3.8) is 0 Å². The van der Waals surface area contributed by atoms with Crippen LogP contribution < -0.4 is 0 Å². The first-order valence-electron chi connectivity index (χ1n) is 10.8. The van der Waals surface area contributed by atoms with Crippen molar-refractivity contribution in [1.82, 2.24) is 4.67 Å². The fourth-order valence-corrected chi connectivity index (χ4v) is 4.39. The van der Waals surface area contributed by atoms with Crippen molar-refractivity contribution in [1.29, 1.82) is 0 Å². The monoisotopic (exact) mass is 377 g/mol. The Morgan fingerprint density at radius 1 is 0.680 bits per heavy atom. The van der Waals surface area contributed by atoms with Crippen molar-refractivity contribution in [2.24, 2.45) is 0 Å². The summed E-state index contributed by atoms with van der Waals surface area (Å²) in [5.41, 5.74) is 0. The van der Waals surface area contributed by atoms with Gasteiger partial charge in [-0.05, 0) is 6.42 Å². The molecular weight excluding hydrogens is 333 g/mol. The molecule has 25 heavy (non-hydrogen) atoms. The van der Waals surface area contributed by atoms with Crippen LogP contribution in [-0.4, -0.2) is 29.3 Å². The summed E-state index contributed by atoms with van der Waals surface area (Å²) in [4.78, 5) is 9.84. The van der Waals surface area contributed by atoms with Crippen LogP contribution in [0.25, 0.3) is 0 Å². The van der Waals surface area contributed by atoms with Crippen LogP contribution in [0.3, 0.4) is 0 Å². The van der Waals surface area contributed by atoms with Gasteiger partial charge < -0.3 is 4.89 Å². The third-order valence-electron chi connectivity index (χ3n) is 4.84. The lowest BCUT2D eigenvalue weighted by Gasteiger charge is -2.23. The quantitative estimate of drug-likeness (QED) is 0.196. The summed E-state index contributed by atoms with van der Waals surface area (Å²) in [6.07, 6.45) is 18.3. The van der Waals surface area contributed by atoms with Crippen molar-refractivity contribution < 1.29 is 14.0 Å². The first kappa shape index (κ1) is 25.1. The van der Waals surface area contributed by atoms with Crippen LogP contribution in [0.1, 0.15) is 111 Å². The molecule has 0 aromatic heterocycles. The molecule has 0 heterocycles. The van der Waals surface area contributed by atoms with Crippen LogP contribution in [-0.2, 0) is 9.09 Å². The van der Waals surface area contributed by atoms with E-state index in [1.54, 1.807) is 0 Å². The Balaban J connectivity index is 3.30. The van der Waals surface area contributed by atoms with E-state index in [4.69, 9.17) is 4.52 Å². The molecule has 0 aromatic rings. The minimum absolute atomic E-state index is 0.391. The van der Waals surface area contributed by atoms with Crippen molar-refractivity contribution >= 4 is 7.75 Å². The van der Waals surface area contributed by atoms with Crippen molar-refractivity contribution in [3.05, 3.63) is 0 Å².